The molecule has 0 spiro atoms. The van der Waals surface area contributed by atoms with E-state index in [0.29, 0.717) is 15.7 Å². The molecule has 26 heavy (non-hydrogen) atoms. The number of ketones is 1. The zero-order valence-corrected chi connectivity index (χ0v) is 15.2. The number of rotatable bonds is 6. The van der Waals surface area contributed by atoms with Gasteiger partial charge in [-0.3, -0.25) is 4.79 Å². The number of phenols is 1. The Morgan fingerprint density at radius 3 is 2.73 bits per heavy atom. The fourth-order valence-electron chi connectivity index (χ4n) is 2.34. The van der Waals surface area contributed by atoms with Gasteiger partial charge in [-0.2, -0.15) is 0 Å². The van der Waals surface area contributed by atoms with Crippen LogP contribution in [0.1, 0.15) is 20.9 Å². The van der Waals surface area contributed by atoms with Gasteiger partial charge in [-0.25, -0.2) is 4.98 Å². The van der Waals surface area contributed by atoms with Crippen LogP contribution in [0, 0.1) is 6.92 Å². The SMILES string of the molecule is COc1cccc(/C=C/C(=O)c2sc(Nc3ccc(O)cc3)nc2C)c1. The lowest BCUT2D eigenvalue weighted by molar-refractivity contribution is 0.105. The number of allylic oxidation sites excluding steroid dienone is 1. The number of benzene rings is 2. The molecule has 132 valence electrons. The third kappa shape index (κ3) is 4.29. The van der Waals surface area contributed by atoms with Crippen molar-refractivity contribution in [2.24, 2.45) is 0 Å². The summed E-state index contributed by atoms with van der Waals surface area (Å²) in [4.78, 5) is 17.5. The summed E-state index contributed by atoms with van der Waals surface area (Å²) in [7, 11) is 1.61. The van der Waals surface area contributed by atoms with E-state index in [1.54, 1.807) is 43.5 Å². The van der Waals surface area contributed by atoms with E-state index in [9.17, 15) is 9.90 Å². The van der Waals surface area contributed by atoms with E-state index in [1.165, 1.54) is 11.3 Å². The summed E-state index contributed by atoms with van der Waals surface area (Å²) >= 11 is 1.30. The molecule has 1 heterocycles. The second-order valence-electron chi connectivity index (χ2n) is 5.58. The van der Waals surface area contributed by atoms with Gasteiger partial charge in [0.1, 0.15) is 11.5 Å². The monoisotopic (exact) mass is 366 g/mol. The van der Waals surface area contributed by atoms with Crippen LogP contribution in [-0.2, 0) is 0 Å². The van der Waals surface area contributed by atoms with Gasteiger partial charge in [-0.05, 0) is 55.0 Å². The highest BCUT2D eigenvalue weighted by Crippen LogP contribution is 2.27. The van der Waals surface area contributed by atoms with Gasteiger partial charge in [-0.1, -0.05) is 29.5 Å². The zero-order valence-electron chi connectivity index (χ0n) is 14.4. The van der Waals surface area contributed by atoms with Crippen LogP contribution in [0.2, 0.25) is 0 Å². The van der Waals surface area contributed by atoms with Crippen LogP contribution in [-0.4, -0.2) is 23.0 Å². The first-order valence-electron chi connectivity index (χ1n) is 7.95. The Labute approximate surface area is 155 Å². The standard InChI is InChI=1S/C20H18N2O3S/c1-13-19(18(24)11-6-14-4-3-5-17(12-14)25-2)26-20(21-13)22-15-7-9-16(23)10-8-15/h3-12,23H,1-2H3,(H,21,22)/b11-6+. The van der Waals surface area contributed by atoms with Crippen LogP contribution in [0.15, 0.2) is 54.6 Å². The molecule has 0 amide bonds. The predicted octanol–water partition coefficient (Wildman–Crippen LogP) is 4.81. The van der Waals surface area contributed by atoms with Crippen molar-refractivity contribution < 1.29 is 14.6 Å². The molecule has 1 aromatic heterocycles. The normalized spacial score (nSPS) is 10.8. The predicted molar refractivity (Wildman–Crippen MR) is 105 cm³/mol. The molecule has 0 radical (unpaired) electrons. The number of carbonyl (C=O) groups excluding carboxylic acids is 1. The maximum absolute atomic E-state index is 12.5. The highest BCUT2D eigenvalue weighted by molar-refractivity contribution is 7.17. The summed E-state index contributed by atoms with van der Waals surface area (Å²) in [6, 6.07) is 14.2. The first-order valence-corrected chi connectivity index (χ1v) is 8.77. The van der Waals surface area contributed by atoms with Crippen molar-refractivity contribution >= 4 is 34.0 Å². The molecule has 3 aromatic rings. The largest absolute Gasteiger partial charge is 0.508 e. The van der Waals surface area contributed by atoms with Gasteiger partial charge in [0.15, 0.2) is 10.9 Å². The maximum Gasteiger partial charge on any atom is 0.197 e. The van der Waals surface area contributed by atoms with Crippen LogP contribution in [0.3, 0.4) is 0 Å². The van der Waals surface area contributed by atoms with Crippen LogP contribution in [0.4, 0.5) is 10.8 Å². The fraction of sp³-hybridized carbons (Fsp3) is 0.100. The lowest BCUT2D eigenvalue weighted by Gasteiger charge is -2.01. The van der Waals surface area contributed by atoms with Crippen LogP contribution in [0.5, 0.6) is 11.5 Å². The van der Waals surface area contributed by atoms with Gasteiger partial charge in [0.25, 0.3) is 0 Å². The van der Waals surface area contributed by atoms with E-state index >= 15 is 0 Å². The number of methoxy groups -OCH3 is 1. The Morgan fingerprint density at radius 1 is 1.23 bits per heavy atom. The molecule has 0 unspecified atom stereocenters. The third-order valence-electron chi connectivity index (χ3n) is 3.66. The average molecular weight is 366 g/mol. The van der Waals surface area contributed by atoms with E-state index in [2.05, 4.69) is 10.3 Å². The first kappa shape index (κ1) is 17.7. The highest BCUT2D eigenvalue weighted by Gasteiger charge is 2.13. The molecule has 3 rings (SSSR count). The van der Waals surface area contributed by atoms with Gasteiger partial charge in [0.2, 0.25) is 0 Å². The van der Waals surface area contributed by atoms with Crippen LogP contribution in [0.25, 0.3) is 6.08 Å². The number of hydrogen-bond acceptors (Lipinski definition) is 6. The van der Waals surface area contributed by atoms with Crippen LogP contribution < -0.4 is 10.1 Å². The Bertz CT molecular complexity index is 946. The molecule has 2 N–H and O–H groups in total. The minimum atomic E-state index is -0.0958. The molecule has 6 heteroatoms. The second-order valence-corrected chi connectivity index (χ2v) is 6.58. The minimum absolute atomic E-state index is 0.0958. The molecule has 0 atom stereocenters. The van der Waals surface area contributed by atoms with E-state index in [4.69, 9.17) is 4.74 Å². The smallest absolute Gasteiger partial charge is 0.197 e. The van der Waals surface area contributed by atoms with E-state index in [-0.39, 0.29) is 11.5 Å². The minimum Gasteiger partial charge on any atom is -0.508 e. The summed E-state index contributed by atoms with van der Waals surface area (Å²) in [5.41, 5.74) is 2.36. The Kier molecular flexibility index (Phi) is 5.34. The van der Waals surface area contributed by atoms with Gasteiger partial charge in [0, 0.05) is 5.69 Å². The lowest BCUT2D eigenvalue weighted by Crippen LogP contribution is -1.93. The number of nitrogens with one attached hydrogen (secondary N) is 1. The maximum atomic E-state index is 12.5. The summed E-state index contributed by atoms with van der Waals surface area (Å²) in [5.74, 6) is 0.847. The molecule has 0 bridgehead atoms. The number of ether oxygens (including phenoxy) is 1. The lowest BCUT2D eigenvalue weighted by atomic mass is 10.1. The van der Waals surface area contributed by atoms with Crippen molar-refractivity contribution in [2.75, 3.05) is 12.4 Å². The van der Waals surface area contributed by atoms with E-state index < -0.39 is 0 Å². The number of phenolic OH excluding ortho intramolecular Hbond substituents is 1. The molecular weight excluding hydrogens is 348 g/mol. The summed E-state index contributed by atoms with van der Waals surface area (Å²) in [5, 5.41) is 13.1. The highest BCUT2D eigenvalue weighted by atomic mass is 32.1. The summed E-state index contributed by atoms with van der Waals surface area (Å²) in [6.07, 6.45) is 3.30. The molecular formula is C20H18N2O3S. The third-order valence-corrected chi connectivity index (χ3v) is 4.75. The summed E-state index contributed by atoms with van der Waals surface area (Å²) < 4.78 is 5.18. The van der Waals surface area contributed by atoms with Crippen molar-refractivity contribution in [1.29, 1.82) is 0 Å². The number of nitrogens with zero attached hydrogens (tertiary/aromatic N) is 1. The molecule has 0 aliphatic carbocycles. The average Bonchev–Trinajstić information content (AvgIpc) is 3.02. The molecule has 2 aromatic carbocycles. The number of carbonyl (C=O) groups is 1. The van der Waals surface area contributed by atoms with Crippen molar-refractivity contribution in [2.45, 2.75) is 6.92 Å². The fourth-order valence-corrected chi connectivity index (χ4v) is 3.25. The number of anilines is 2. The number of hydrogen-bond donors (Lipinski definition) is 2. The second kappa shape index (κ2) is 7.84. The molecule has 0 saturated heterocycles. The molecule has 0 aliphatic rings. The Hall–Kier alpha value is -3.12. The summed E-state index contributed by atoms with van der Waals surface area (Å²) in [6.45, 7) is 1.81. The number of aromatic nitrogens is 1. The van der Waals surface area contributed by atoms with Crippen molar-refractivity contribution in [1.82, 2.24) is 4.98 Å². The van der Waals surface area contributed by atoms with Gasteiger partial charge in [-0.15, -0.1) is 0 Å². The number of thiazole rings is 1. The van der Waals surface area contributed by atoms with Crippen molar-refractivity contribution in [3.8, 4) is 11.5 Å². The molecule has 0 fully saturated rings. The first-order chi connectivity index (χ1) is 12.5. The van der Waals surface area contributed by atoms with Gasteiger partial charge < -0.3 is 15.2 Å². The van der Waals surface area contributed by atoms with Crippen LogP contribution >= 0.6 is 11.3 Å². The van der Waals surface area contributed by atoms with E-state index in [0.717, 1.165) is 17.0 Å². The Balaban J connectivity index is 1.74. The quantitative estimate of drug-likeness (QED) is 0.372. The topological polar surface area (TPSA) is 71.5 Å². The number of aromatic hydroxyl groups is 1. The van der Waals surface area contributed by atoms with Crippen molar-refractivity contribution in [3.63, 3.8) is 0 Å². The molecule has 0 aliphatic heterocycles. The zero-order chi connectivity index (χ0) is 18.5. The molecule has 0 saturated carbocycles. The van der Waals surface area contributed by atoms with E-state index in [1.807, 2.05) is 31.2 Å². The molecule has 5 nitrogen and oxygen atoms in total. The Morgan fingerprint density at radius 2 is 2.00 bits per heavy atom. The van der Waals surface area contributed by atoms with Crippen molar-refractivity contribution in [3.05, 3.63) is 70.7 Å². The van der Waals surface area contributed by atoms with Gasteiger partial charge in [0.05, 0.1) is 17.7 Å². The number of aryl methyl sites for hydroxylation is 1. The van der Waals surface area contributed by atoms with Gasteiger partial charge >= 0.3 is 0 Å².